The van der Waals surface area contributed by atoms with Gasteiger partial charge in [0.2, 0.25) is 0 Å². The van der Waals surface area contributed by atoms with Crippen LogP contribution in [0.4, 0.5) is 0 Å². The number of ether oxygens (including phenoxy) is 1. The Kier molecular flexibility index (Phi) is 5.72. The van der Waals surface area contributed by atoms with E-state index in [1.165, 1.54) is 16.7 Å². The number of halogens is 2. The Labute approximate surface area is 136 Å². The van der Waals surface area contributed by atoms with Crippen LogP contribution in [0.15, 0.2) is 53.0 Å². The van der Waals surface area contributed by atoms with Crippen molar-refractivity contribution in [2.24, 2.45) is 0 Å². The lowest BCUT2D eigenvalue weighted by Crippen LogP contribution is -1.95. The van der Waals surface area contributed by atoms with Crippen molar-refractivity contribution in [3.63, 3.8) is 0 Å². The number of rotatable bonds is 5. The van der Waals surface area contributed by atoms with Crippen molar-refractivity contribution in [1.29, 1.82) is 0 Å². The van der Waals surface area contributed by atoms with Gasteiger partial charge in [0.15, 0.2) is 0 Å². The van der Waals surface area contributed by atoms with Crippen LogP contribution in [0.2, 0.25) is 0 Å². The number of aryl methyl sites for hydroxylation is 1. The first kappa shape index (κ1) is 15.9. The van der Waals surface area contributed by atoms with Gasteiger partial charge in [-0.2, -0.15) is 0 Å². The largest absolute Gasteiger partial charge is 0.493 e. The van der Waals surface area contributed by atoms with Gasteiger partial charge in [-0.25, -0.2) is 0 Å². The molecule has 2 rings (SSSR count). The summed E-state index contributed by atoms with van der Waals surface area (Å²) in [6, 6.07) is 14.5. The Balaban J connectivity index is 2.43. The predicted molar refractivity (Wildman–Crippen MR) is 91.3 cm³/mol. The van der Waals surface area contributed by atoms with E-state index in [0.717, 1.165) is 11.3 Å². The first-order valence-corrected chi connectivity index (χ1v) is 7.70. The monoisotopic (exact) mass is 320 g/mol. The van der Waals surface area contributed by atoms with Crippen molar-refractivity contribution >= 4 is 23.2 Å². The van der Waals surface area contributed by atoms with Gasteiger partial charge in [0.05, 0.1) is 6.61 Å². The lowest BCUT2D eigenvalue weighted by atomic mass is 9.96. The summed E-state index contributed by atoms with van der Waals surface area (Å²) in [4.78, 5) is 0. The van der Waals surface area contributed by atoms with E-state index in [2.05, 4.69) is 31.2 Å². The summed E-state index contributed by atoms with van der Waals surface area (Å²) in [6.45, 7) is 4.75. The Morgan fingerprint density at radius 2 is 1.86 bits per heavy atom. The van der Waals surface area contributed by atoms with E-state index in [0.29, 0.717) is 17.5 Å². The summed E-state index contributed by atoms with van der Waals surface area (Å²) in [5.41, 5.74) is 4.67. The molecular weight excluding hydrogens is 303 g/mol. The molecule has 0 aliphatic carbocycles. The van der Waals surface area contributed by atoms with Crippen LogP contribution in [0.5, 0.6) is 5.75 Å². The summed E-state index contributed by atoms with van der Waals surface area (Å²) in [5.74, 6) is 0.908. The van der Waals surface area contributed by atoms with E-state index >= 15 is 0 Å². The summed E-state index contributed by atoms with van der Waals surface area (Å²) in [6.07, 6.45) is 2.51. The molecule has 0 aliphatic rings. The fourth-order valence-electron chi connectivity index (χ4n) is 2.25. The maximum atomic E-state index is 5.73. The van der Waals surface area contributed by atoms with Crippen molar-refractivity contribution in [2.75, 3.05) is 6.61 Å². The molecule has 0 aromatic heterocycles. The molecule has 0 saturated heterocycles. The number of hydrogen-bond acceptors (Lipinski definition) is 1. The predicted octanol–water partition coefficient (Wildman–Crippen LogP) is 5.92. The van der Waals surface area contributed by atoms with Gasteiger partial charge in [-0.1, -0.05) is 59.6 Å². The maximum absolute atomic E-state index is 5.73. The molecule has 0 radical (unpaired) electrons. The van der Waals surface area contributed by atoms with Crippen molar-refractivity contribution in [3.05, 3.63) is 64.2 Å². The highest BCUT2D eigenvalue weighted by Crippen LogP contribution is 2.33. The van der Waals surface area contributed by atoms with Gasteiger partial charge in [-0.3, -0.25) is 0 Å². The van der Waals surface area contributed by atoms with Crippen LogP contribution in [-0.2, 0) is 6.42 Å². The minimum atomic E-state index is 0.298. The SMILES string of the molecule is CCOc1ccccc1-c1cc(CC=C(Cl)Cl)ccc1C. The summed E-state index contributed by atoms with van der Waals surface area (Å²) >= 11 is 11.4. The third-order valence-corrected chi connectivity index (χ3v) is 3.58. The molecule has 1 nitrogen and oxygen atoms in total. The number of benzene rings is 2. The second kappa shape index (κ2) is 7.53. The van der Waals surface area contributed by atoms with Gasteiger partial charge < -0.3 is 4.74 Å². The minimum Gasteiger partial charge on any atom is -0.493 e. The van der Waals surface area contributed by atoms with Crippen LogP contribution in [0, 0.1) is 6.92 Å². The molecule has 0 N–H and O–H groups in total. The van der Waals surface area contributed by atoms with Crippen molar-refractivity contribution in [2.45, 2.75) is 20.3 Å². The standard InChI is InChI=1S/C18H18Cl2O/c1-3-21-17-7-5-4-6-15(17)16-12-14(9-8-13(16)2)10-11-18(19)20/h4-9,11-12H,3,10H2,1-2H3. The fourth-order valence-corrected chi connectivity index (χ4v) is 2.41. The lowest BCUT2D eigenvalue weighted by molar-refractivity contribution is 0.341. The highest BCUT2D eigenvalue weighted by atomic mass is 35.5. The molecule has 21 heavy (non-hydrogen) atoms. The van der Waals surface area contributed by atoms with E-state index in [9.17, 15) is 0 Å². The maximum Gasteiger partial charge on any atom is 0.127 e. The molecule has 0 saturated carbocycles. The number of allylic oxidation sites excluding steroid dienone is 1. The molecule has 0 atom stereocenters. The van der Waals surface area contributed by atoms with Gasteiger partial charge in [-0.15, -0.1) is 0 Å². The van der Waals surface area contributed by atoms with Crippen LogP contribution in [0.3, 0.4) is 0 Å². The van der Waals surface area contributed by atoms with Crippen LogP contribution >= 0.6 is 23.2 Å². The van der Waals surface area contributed by atoms with E-state index in [1.54, 1.807) is 6.08 Å². The van der Waals surface area contributed by atoms with E-state index in [1.807, 2.05) is 25.1 Å². The topological polar surface area (TPSA) is 9.23 Å². The van der Waals surface area contributed by atoms with E-state index in [4.69, 9.17) is 27.9 Å². The smallest absolute Gasteiger partial charge is 0.127 e. The molecule has 0 unspecified atom stereocenters. The Morgan fingerprint density at radius 1 is 1.10 bits per heavy atom. The quantitative estimate of drug-likeness (QED) is 0.664. The van der Waals surface area contributed by atoms with Gasteiger partial charge in [0, 0.05) is 5.56 Å². The molecule has 0 bridgehead atoms. The molecule has 0 spiro atoms. The van der Waals surface area contributed by atoms with Crippen LogP contribution in [0.25, 0.3) is 11.1 Å². The Bertz CT molecular complexity index is 643. The van der Waals surface area contributed by atoms with Crippen LogP contribution in [0.1, 0.15) is 18.1 Å². The van der Waals surface area contributed by atoms with Gasteiger partial charge in [-0.05, 0) is 49.1 Å². The average Bonchev–Trinajstić information content (AvgIpc) is 2.47. The van der Waals surface area contributed by atoms with Crippen LogP contribution < -0.4 is 4.74 Å². The Hall–Kier alpha value is -1.44. The second-order valence-corrected chi connectivity index (χ2v) is 5.78. The number of hydrogen-bond donors (Lipinski definition) is 0. The van der Waals surface area contributed by atoms with Crippen molar-refractivity contribution in [3.8, 4) is 16.9 Å². The number of para-hydroxylation sites is 1. The van der Waals surface area contributed by atoms with Crippen molar-refractivity contribution < 1.29 is 4.74 Å². The van der Waals surface area contributed by atoms with E-state index < -0.39 is 0 Å². The van der Waals surface area contributed by atoms with Gasteiger partial charge in [0.25, 0.3) is 0 Å². The average molecular weight is 321 g/mol. The molecule has 0 heterocycles. The molecule has 0 aliphatic heterocycles. The molecule has 3 heteroatoms. The molecule has 110 valence electrons. The van der Waals surface area contributed by atoms with Crippen LogP contribution in [-0.4, -0.2) is 6.61 Å². The highest BCUT2D eigenvalue weighted by molar-refractivity contribution is 6.55. The zero-order valence-electron chi connectivity index (χ0n) is 12.2. The zero-order valence-corrected chi connectivity index (χ0v) is 13.7. The second-order valence-electron chi connectivity index (χ2n) is 4.78. The summed E-state index contributed by atoms with van der Waals surface area (Å²) in [5, 5.41) is 0. The molecule has 0 fully saturated rings. The molecule has 2 aromatic rings. The van der Waals surface area contributed by atoms with Gasteiger partial charge >= 0.3 is 0 Å². The highest BCUT2D eigenvalue weighted by Gasteiger charge is 2.09. The molecule has 2 aromatic carbocycles. The molecule has 0 amide bonds. The first-order chi connectivity index (χ1) is 10.1. The lowest BCUT2D eigenvalue weighted by Gasteiger charge is -2.13. The zero-order chi connectivity index (χ0) is 15.2. The Morgan fingerprint density at radius 3 is 2.57 bits per heavy atom. The first-order valence-electron chi connectivity index (χ1n) is 6.94. The molecular formula is C18H18Cl2O. The third-order valence-electron chi connectivity index (χ3n) is 3.27. The van der Waals surface area contributed by atoms with Gasteiger partial charge in [0.1, 0.15) is 10.2 Å². The van der Waals surface area contributed by atoms with Crippen molar-refractivity contribution in [1.82, 2.24) is 0 Å². The van der Waals surface area contributed by atoms with E-state index in [-0.39, 0.29) is 0 Å². The minimum absolute atomic E-state index is 0.298. The summed E-state index contributed by atoms with van der Waals surface area (Å²) in [7, 11) is 0. The fraction of sp³-hybridized carbons (Fsp3) is 0.222. The third kappa shape index (κ3) is 4.26. The normalized spacial score (nSPS) is 10.3. The summed E-state index contributed by atoms with van der Waals surface area (Å²) < 4.78 is 6.03.